The summed E-state index contributed by atoms with van der Waals surface area (Å²) in [5.74, 6) is -0.829. The summed E-state index contributed by atoms with van der Waals surface area (Å²) in [7, 11) is 0. The lowest BCUT2D eigenvalue weighted by Gasteiger charge is -2.23. The van der Waals surface area contributed by atoms with Crippen molar-refractivity contribution in [2.24, 2.45) is 0 Å². The second-order valence-corrected chi connectivity index (χ2v) is 9.22. The van der Waals surface area contributed by atoms with Crippen LogP contribution >= 0.6 is 24.0 Å². The van der Waals surface area contributed by atoms with Gasteiger partial charge in [-0.05, 0) is 41.8 Å². The molecule has 1 saturated heterocycles. The summed E-state index contributed by atoms with van der Waals surface area (Å²) >= 11 is 6.46. The molecule has 0 spiro atoms. The summed E-state index contributed by atoms with van der Waals surface area (Å²) in [5, 5.41) is 9.78. The molecule has 5 nitrogen and oxygen atoms in total. The summed E-state index contributed by atoms with van der Waals surface area (Å²) in [5.41, 5.74) is 3.58. The number of hydrogen-bond acceptors (Lipinski definition) is 5. The first-order chi connectivity index (χ1) is 15.9. The van der Waals surface area contributed by atoms with Crippen molar-refractivity contribution in [1.29, 1.82) is 0 Å². The molecule has 1 aliphatic heterocycles. The van der Waals surface area contributed by atoms with Crippen LogP contribution in [0.5, 0.6) is 5.75 Å². The molecule has 1 fully saturated rings. The van der Waals surface area contributed by atoms with Crippen molar-refractivity contribution in [1.82, 2.24) is 4.90 Å². The van der Waals surface area contributed by atoms with Gasteiger partial charge < -0.3 is 9.84 Å². The average Bonchev–Trinajstić information content (AvgIpc) is 3.08. The first-order valence-electron chi connectivity index (χ1n) is 10.3. The highest BCUT2D eigenvalue weighted by Crippen LogP contribution is 2.38. The largest absolute Gasteiger partial charge is 0.489 e. The van der Waals surface area contributed by atoms with Crippen LogP contribution < -0.4 is 4.74 Å². The molecular weight excluding hydrogens is 454 g/mol. The number of aliphatic carboxylic acids is 1. The maximum atomic E-state index is 13.1. The number of carbonyl (C=O) groups excluding carboxylic acids is 1. The molecule has 7 heteroatoms. The van der Waals surface area contributed by atoms with E-state index in [4.69, 9.17) is 17.0 Å². The van der Waals surface area contributed by atoms with Crippen LogP contribution in [0.3, 0.4) is 0 Å². The Balaban J connectivity index is 1.47. The van der Waals surface area contributed by atoms with E-state index in [2.05, 4.69) is 0 Å². The highest BCUT2D eigenvalue weighted by molar-refractivity contribution is 8.26. The predicted molar refractivity (Wildman–Crippen MR) is 134 cm³/mol. The standard InChI is InChI=1S/C26H21NO4S2/c1-17-7-9-19(10-8-17)16-31-21-13-11-18(12-14-21)15-22-24(28)27(26(32)33-22)23(25(29)30)20-5-3-2-4-6-20/h2-15,23H,16H2,1H3,(H,29,30)/b22-15+/t23-/m1/s1. The monoisotopic (exact) mass is 475 g/mol. The molecule has 1 amide bonds. The second kappa shape index (κ2) is 10.0. The van der Waals surface area contributed by atoms with E-state index in [1.807, 2.05) is 55.5 Å². The van der Waals surface area contributed by atoms with Gasteiger partial charge in [-0.25, -0.2) is 4.79 Å². The van der Waals surface area contributed by atoms with E-state index in [9.17, 15) is 14.7 Å². The number of nitrogens with zero attached hydrogens (tertiary/aromatic N) is 1. The molecule has 0 unspecified atom stereocenters. The Morgan fingerprint density at radius 3 is 2.36 bits per heavy atom. The molecule has 33 heavy (non-hydrogen) atoms. The third-order valence-corrected chi connectivity index (χ3v) is 6.47. The summed E-state index contributed by atoms with van der Waals surface area (Å²) in [6.07, 6.45) is 1.72. The average molecular weight is 476 g/mol. The Morgan fingerprint density at radius 2 is 1.73 bits per heavy atom. The van der Waals surface area contributed by atoms with Gasteiger partial charge in [-0.15, -0.1) is 0 Å². The molecule has 0 aliphatic carbocycles. The lowest BCUT2D eigenvalue weighted by molar-refractivity contribution is -0.145. The van der Waals surface area contributed by atoms with Gasteiger partial charge in [0.05, 0.1) is 4.91 Å². The van der Waals surface area contributed by atoms with E-state index in [0.29, 0.717) is 17.1 Å². The molecule has 3 aromatic carbocycles. The summed E-state index contributed by atoms with van der Waals surface area (Å²) in [6.45, 7) is 2.51. The highest BCUT2D eigenvalue weighted by Gasteiger charge is 2.41. The van der Waals surface area contributed by atoms with Crippen LogP contribution in [0.4, 0.5) is 0 Å². The Hall–Kier alpha value is -3.42. The first-order valence-corrected chi connectivity index (χ1v) is 11.5. The minimum Gasteiger partial charge on any atom is -0.489 e. The normalized spacial score (nSPS) is 15.7. The molecule has 1 N–H and O–H groups in total. The Bertz CT molecular complexity index is 1210. The molecule has 0 aromatic heterocycles. The Morgan fingerprint density at radius 1 is 1.06 bits per heavy atom. The van der Waals surface area contributed by atoms with Crippen molar-refractivity contribution in [2.75, 3.05) is 0 Å². The van der Waals surface area contributed by atoms with E-state index in [1.165, 1.54) is 10.5 Å². The molecular formula is C26H21NO4S2. The molecule has 166 valence electrons. The van der Waals surface area contributed by atoms with E-state index in [0.717, 1.165) is 28.6 Å². The van der Waals surface area contributed by atoms with Gasteiger partial charge in [-0.2, -0.15) is 0 Å². The molecule has 1 atom stereocenters. The number of rotatable bonds is 7. The minimum atomic E-state index is -1.16. The predicted octanol–water partition coefficient (Wildman–Crippen LogP) is 5.60. The third kappa shape index (κ3) is 5.32. The van der Waals surface area contributed by atoms with Crippen molar-refractivity contribution in [2.45, 2.75) is 19.6 Å². The lowest BCUT2D eigenvalue weighted by atomic mass is 10.1. The van der Waals surface area contributed by atoms with Gasteiger partial charge in [0.1, 0.15) is 16.7 Å². The molecule has 1 heterocycles. The maximum Gasteiger partial charge on any atom is 0.331 e. The SMILES string of the molecule is Cc1ccc(COc2ccc(/C=C3/SC(=S)N([C@@H](C(=O)O)c4ccccc4)C3=O)cc2)cc1. The van der Waals surface area contributed by atoms with E-state index >= 15 is 0 Å². The van der Waals surface area contributed by atoms with Gasteiger partial charge in [0.2, 0.25) is 0 Å². The number of thioether (sulfide) groups is 1. The summed E-state index contributed by atoms with van der Waals surface area (Å²) < 4.78 is 6.05. The molecule has 0 bridgehead atoms. The molecule has 0 saturated carbocycles. The van der Waals surface area contributed by atoms with Crippen LogP contribution in [0, 0.1) is 6.92 Å². The lowest BCUT2D eigenvalue weighted by Crippen LogP contribution is -2.37. The van der Waals surface area contributed by atoms with Gasteiger partial charge in [0.25, 0.3) is 5.91 Å². The van der Waals surface area contributed by atoms with Gasteiger partial charge in [0.15, 0.2) is 6.04 Å². The molecule has 0 radical (unpaired) electrons. The maximum absolute atomic E-state index is 13.1. The summed E-state index contributed by atoms with van der Waals surface area (Å²) in [4.78, 5) is 26.6. The van der Waals surface area contributed by atoms with E-state index < -0.39 is 17.9 Å². The highest BCUT2D eigenvalue weighted by atomic mass is 32.2. The second-order valence-electron chi connectivity index (χ2n) is 7.55. The van der Waals surface area contributed by atoms with Crippen LogP contribution in [0.2, 0.25) is 0 Å². The topological polar surface area (TPSA) is 66.8 Å². The number of aryl methyl sites for hydroxylation is 1. The Kier molecular flexibility index (Phi) is 6.91. The van der Waals surface area contributed by atoms with Crippen LogP contribution in [0.25, 0.3) is 6.08 Å². The van der Waals surface area contributed by atoms with Crippen LogP contribution in [-0.4, -0.2) is 26.2 Å². The molecule has 1 aliphatic rings. The fraction of sp³-hybridized carbons (Fsp3) is 0.115. The first kappa shape index (κ1) is 22.8. The van der Waals surface area contributed by atoms with Gasteiger partial charge >= 0.3 is 5.97 Å². The van der Waals surface area contributed by atoms with Crippen molar-refractivity contribution in [3.8, 4) is 5.75 Å². The van der Waals surface area contributed by atoms with Crippen molar-refractivity contribution >= 4 is 46.3 Å². The van der Waals surface area contributed by atoms with Crippen molar-refractivity contribution in [3.63, 3.8) is 0 Å². The number of benzene rings is 3. The number of carbonyl (C=O) groups is 2. The zero-order chi connectivity index (χ0) is 23.4. The number of ether oxygens (including phenoxy) is 1. The fourth-order valence-corrected chi connectivity index (χ4v) is 4.72. The number of hydrogen-bond donors (Lipinski definition) is 1. The fourth-order valence-electron chi connectivity index (χ4n) is 3.40. The Labute approximate surface area is 201 Å². The number of amides is 1. The van der Waals surface area contributed by atoms with Crippen molar-refractivity contribution < 1.29 is 19.4 Å². The number of carboxylic acid groups (broad SMARTS) is 1. The van der Waals surface area contributed by atoms with Crippen molar-refractivity contribution in [3.05, 3.63) is 106 Å². The van der Waals surface area contributed by atoms with E-state index in [-0.39, 0.29) is 4.32 Å². The number of thiocarbonyl (C=S) groups is 1. The zero-order valence-electron chi connectivity index (χ0n) is 17.8. The van der Waals surface area contributed by atoms with Crippen LogP contribution in [-0.2, 0) is 16.2 Å². The van der Waals surface area contributed by atoms with E-state index in [1.54, 1.807) is 36.4 Å². The quantitative estimate of drug-likeness (QED) is 0.354. The van der Waals surface area contributed by atoms with Gasteiger partial charge in [-0.3, -0.25) is 9.69 Å². The molecule has 4 rings (SSSR count). The van der Waals surface area contributed by atoms with Crippen LogP contribution in [0.15, 0.2) is 83.8 Å². The minimum absolute atomic E-state index is 0.223. The summed E-state index contributed by atoms with van der Waals surface area (Å²) in [6, 6.07) is 23.0. The van der Waals surface area contributed by atoms with Gasteiger partial charge in [-0.1, -0.05) is 96.3 Å². The van der Waals surface area contributed by atoms with Gasteiger partial charge in [0, 0.05) is 0 Å². The zero-order valence-corrected chi connectivity index (χ0v) is 19.4. The number of carboxylic acids is 1. The van der Waals surface area contributed by atoms with Crippen LogP contribution in [0.1, 0.15) is 28.3 Å². The molecule has 3 aromatic rings. The third-order valence-electron chi connectivity index (χ3n) is 5.13. The smallest absolute Gasteiger partial charge is 0.331 e.